The van der Waals surface area contributed by atoms with Crippen molar-refractivity contribution in [3.63, 3.8) is 0 Å². The number of benzene rings is 1. The zero-order valence-corrected chi connectivity index (χ0v) is 9.00. The lowest BCUT2D eigenvalue weighted by molar-refractivity contribution is 0.624. The third kappa shape index (κ3) is 2.36. The highest BCUT2D eigenvalue weighted by molar-refractivity contribution is 5.85. The predicted molar refractivity (Wildman–Crippen MR) is 62.2 cm³/mol. The van der Waals surface area contributed by atoms with Crippen LogP contribution in [0.15, 0.2) is 28.3 Å². The molecule has 0 spiro atoms. The minimum Gasteiger partial charge on any atom is -0.353 e. The van der Waals surface area contributed by atoms with E-state index in [-0.39, 0.29) is 5.82 Å². The average Bonchev–Trinajstić information content (AvgIpc) is 2.75. The highest BCUT2D eigenvalue weighted by atomic mass is 19.1. The molecule has 5 heteroatoms. The molecule has 1 aliphatic heterocycles. The summed E-state index contributed by atoms with van der Waals surface area (Å²) in [5.74, 6) is 0.358. The quantitative estimate of drug-likeness (QED) is 0.577. The molecule has 0 fully saturated rings. The Bertz CT molecular complexity index is 419. The Labute approximate surface area is 93.3 Å². The molecule has 2 N–H and O–H groups in total. The van der Waals surface area contributed by atoms with Crippen molar-refractivity contribution in [2.75, 3.05) is 13.1 Å². The van der Waals surface area contributed by atoms with Gasteiger partial charge in [0.05, 0.1) is 12.8 Å². The number of aryl methyl sites for hydroxylation is 1. The Balaban J connectivity index is 2.05. The van der Waals surface area contributed by atoms with E-state index in [4.69, 9.17) is 0 Å². The summed E-state index contributed by atoms with van der Waals surface area (Å²) < 4.78 is 13.4. The van der Waals surface area contributed by atoms with E-state index in [1.54, 1.807) is 6.07 Å². The topological polar surface area (TPSA) is 48.8 Å². The summed E-state index contributed by atoms with van der Waals surface area (Å²) in [5.41, 5.74) is 4.07. The first-order valence-electron chi connectivity index (χ1n) is 5.10. The molecule has 1 aliphatic rings. The van der Waals surface area contributed by atoms with Crippen LogP contribution in [0.3, 0.4) is 0 Å². The van der Waals surface area contributed by atoms with Crippen LogP contribution < -0.4 is 10.7 Å². The molecule has 0 aliphatic carbocycles. The van der Waals surface area contributed by atoms with Crippen LogP contribution >= 0.6 is 0 Å². The number of hydrogen-bond acceptors (Lipinski definition) is 4. The Morgan fingerprint density at radius 3 is 3.12 bits per heavy atom. The summed E-state index contributed by atoms with van der Waals surface area (Å²) in [7, 11) is 0. The lowest BCUT2D eigenvalue weighted by Crippen LogP contribution is -2.30. The fraction of sp³-hybridized carbons (Fsp3) is 0.273. The molecular weight excluding hydrogens is 207 g/mol. The molecular formula is C11H13FN4. The van der Waals surface area contributed by atoms with Crippen molar-refractivity contribution in [3.05, 3.63) is 35.1 Å². The molecule has 0 amide bonds. The van der Waals surface area contributed by atoms with E-state index in [0.717, 1.165) is 18.7 Å². The molecule has 0 radical (unpaired) electrons. The van der Waals surface area contributed by atoms with Gasteiger partial charge in [-0.15, -0.1) is 0 Å². The highest BCUT2D eigenvalue weighted by Gasteiger charge is 2.03. The van der Waals surface area contributed by atoms with Crippen LogP contribution in [0.2, 0.25) is 0 Å². The maximum atomic E-state index is 13.4. The summed E-state index contributed by atoms with van der Waals surface area (Å²) in [5, 5.41) is 6.94. The van der Waals surface area contributed by atoms with Crippen LogP contribution in [-0.2, 0) is 0 Å². The molecule has 1 aromatic carbocycles. The van der Waals surface area contributed by atoms with E-state index in [9.17, 15) is 4.39 Å². The van der Waals surface area contributed by atoms with Crippen LogP contribution in [0.1, 0.15) is 11.1 Å². The summed E-state index contributed by atoms with van der Waals surface area (Å²) in [4.78, 5) is 4.10. The zero-order valence-electron chi connectivity index (χ0n) is 9.00. The van der Waals surface area contributed by atoms with Crippen molar-refractivity contribution in [2.45, 2.75) is 6.92 Å². The molecule has 0 atom stereocenters. The fourth-order valence-electron chi connectivity index (χ4n) is 1.44. The Morgan fingerprint density at radius 1 is 1.56 bits per heavy atom. The monoisotopic (exact) mass is 220 g/mol. The van der Waals surface area contributed by atoms with Gasteiger partial charge >= 0.3 is 0 Å². The van der Waals surface area contributed by atoms with Gasteiger partial charge in [-0.1, -0.05) is 12.1 Å². The van der Waals surface area contributed by atoms with E-state index in [1.807, 2.05) is 13.0 Å². The first kappa shape index (κ1) is 10.6. The number of nitrogens with one attached hydrogen (secondary N) is 2. The van der Waals surface area contributed by atoms with Gasteiger partial charge in [-0.05, 0) is 18.6 Å². The van der Waals surface area contributed by atoms with Gasteiger partial charge in [0, 0.05) is 12.1 Å². The van der Waals surface area contributed by atoms with E-state index >= 15 is 0 Å². The molecule has 0 aromatic heterocycles. The molecule has 0 saturated carbocycles. The lowest BCUT2D eigenvalue weighted by atomic mass is 10.1. The van der Waals surface area contributed by atoms with Gasteiger partial charge in [0.25, 0.3) is 0 Å². The predicted octanol–water partition coefficient (Wildman–Crippen LogP) is 1.02. The fourth-order valence-corrected chi connectivity index (χ4v) is 1.44. The van der Waals surface area contributed by atoms with Crippen LogP contribution in [0, 0.1) is 12.7 Å². The van der Waals surface area contributed by atoms with E-state index in [0.29, 0.717) is 11.5 Å². The van der Waals surface area contributed by atoms with Gasteiger partial charge < -0.3 is 5.32 Å². The second kappa shape index (κ2) is 4.74. The number of hydrogen-bond donors (Lipinski definition) is 2. The third-order valence-electron chi connectivity index (χ3n) is 2.31. The second-order valence-corrected chi connectivity index (χ2v) is 3.50. The van der Waals surface area contributed by atoms with Crippen molar-refractivity contribution >= 4 is 12.2 Å². The molecule has 2 rings (SSSR count). The first-order valence-corrected chi connectivity index (χ1v) is 5.10. The summed E-state index contributed by atoms with van der Waals surface area (Å²) in [6.45, 7) is 3.41. The van der Waals surface area contributed by atoms with Gasteiger partial charge in [0.1, 0.15) is 5.82 Å². The molecule has 0 saturated heterocycles. The molecule has 84 valence electrons. The number of halogens is 1. The molecule has 1 aromatic rings. The summed E-state index contributed by atoms with van der Waals surface area (Å²) >= 11 is 0. The van der Waals surface area contributed by atoms with Gasteiger partial charge in [0.15, 0.2) is 0 Å². The van der Waals surface area contributed by atoms with Crippen molar-refractivity contribution in [2.24, 2.45) is 10.1 Å². The van der Waals surface area contributed by atoms with Gasteiger partial charge in [0.2, 0.25) is 5.96 Å². The largest absolute Gasteiger partial charge is 0.353 e. The normalized spacial score (nSPS) is 15.0. The average molecular weight is 220 g/mol. The minimum atomic E-state index is -0.271. The van der Waals surface area contributed by atoms with E-state index in [1.165, 1.54) is 12.3 Å². The van der Waals surface area contributed by atoms with Crippen molar-refractivity contribution < 1.29 is 4.39 Å². The number of aliphatic imine (C=N–C) groups is 1. The molecule has 0 unspecified atom stereocenters. The summed E-state index contributed by atoms with van der Waals surface area (Å²) in [6.07, 6.45) is 1.47. The zero-order chi connectivity index (χ0) is 11.4. The SMILES string of the molecule is Cc1cccc(F)c1C=NNC1=NCCN1. The number of hydrazone groups is 1. The van der Waals surface area contributed by atoms with Crippen LogP contribution in [-0.4, -0.2) is 25.3 Å². The summed E-state index contributed by atoms with van der Waals surface area (Å²) in [6, 6.07) is 4.94. The Hall–Kier alpha value is -1.91. The van der Waals surface area contributed by atoms with Crippen molar-refractivity contribution in [1.82, 2.24) is 10.7 Å². The maximum Gasteiger partial charge on any atom is 0.212 e. The number of guanidine groups is 1. The Kier molecular flexibility index (Phi) is 3.14. The lowest BCUT2D eigenvalue weighted by Gasteiger charge is -2.02. The van der Waals surface area contributed by atoms with Crippen molar-refractivity contribution in [1.29, 1.82) is 0 Å². The van der Waals surface area contributed by atoms with Crippen molar-refractivity contribution in [3.8, 4) is 0 Å². The molecule has 1 heterocycles. The van der Waals surface area contributed by atoms with E-state index in [2.05, 4.69) is 20.8 Å². The molecule has 4 nitrogen and oxygen atoms in total. The Morgan fingerprint density at radius 2 is 2.44 bits per heavy atom. The highest BCUT2D eigenvalue weighted by Crippen LogP contribution is 2.09. The maximum absolute atomic E-state index is 13.4. The minimum absolute atomic E-state index is 0.271. The third-order valence-corrected chi connectivity index (χ3v) is 2.31. The van der Waals surface area contributed by atoms with Crippen LogP contribution in [0.25, 0.3) is 0 Å². The number of rotatable bonds is 2. The second-order valence-electron chi connectivity index (χ2n) is 3.50. The standard InChI is InChI=1S/C11H13FN4/c1-8-3-2-4-10(12)9(8)7-15-16-11-13-5-6-14-11/h2-4,7H,5-6H2,1H3,(H2,13,14,16). The molecule has 0 bridgehead atoms. The van der Waals surface area contributed by atoms with E-state index < -0.39 is 0 Å². The van der Waals surface area contributed by atoms with Crippen LogP contribution in [0.4, 0.5) is 4.39 Å². The van der Waals surface area contributed by atoms with Gasteiger partial charge in [-0.3, -0.25) is 0 Å². The molecule has 16 heavy (non-hydrogen) atoms. The number of nitrogens with zero attached hydrogens (tertiary/aromatic N) is 2. The van der Waals surface area contributed by atoms with Gasteiger partial charge in [-0.25, -0.2) is 14.8 Å². The van der Waals surface area contributed by atoms with Crippen LogP contribution in [0.5, 0.6) is 0 Å². The smallest absolute Gasteiger partial charge is 0.212 e. The van der Waals surface area contributed by atoms with Gasteiger partial charge in [-0.2, -0.15) is 5.10 Å². The first-order chi connectivity index (χ1) is 7.77.